The first-order valence-corrected chi connectivity index (χ1v) is 6.83. The number of nitrogens with one attached hydrogen (secondary N) is 1. The summed E-state index contributed by atoms with van der Waals surface area (Å²) in [5.74, 6) is 0.914. The highest BCUT2D eigenvalue weighted by Crippen LogP contribution is 2.24. The third-order valence-corrected chi connectivity index (χ3v) is 4.12. The van der Waals surface area contributed by atoms with Crippen LogP contribution in [0.3, 0.4) is 0 Å². The van der Waals surface area contributed by atoms with Crippen molar-refractivity contribution in [3.8, 4) is 0 Å². The lowest BCUT2D eigenvalue weighted by molar-refractivity contribution is 0.309. The van der Waals surface area contributed by atoms with Gasteiger partial charge in [0.2, 0.25) is 0 Å². The predicted octanol–water partition coefficient (Wildman–Crippen LogP) is 0.957. The van der Waals surface area contributed by atoms with Gasteiger partial charge in [0.1, 0.15) is 0 Å². The lowest BCUT2D eigenvalue weighted by Gasteiger charge is -2.24. The molecule has 3 heterocycles. The number of fused-ring (bicyclic) bond motifs is 1. The third-order valence-electron chi connectivity index (χ3n) is 4.12. The summed E-state index contributed by atoms with van der Waals surface area (Å²) in [7, 11) is 0. The van der Waals surface area contributed by atoms with Crippen molar-refractivity contribution in [2.24, 2.45) is 5.92 Å². The summed E-state index contributed by atoms with van der Waals surface area (Å²) in [6.45, 7) is 6.12. The molecular weight excluding hydrogens is 212 g/mol. The molecule has 2 fully saturated rings. The summed E-state index contributed by atoms with van der Waals surface area (Å²) in [5, 5.41) is 3.66. The fourth-order valence-electron chi connectivity index (χ4n) is 3.21. The van der Waals surface area contributed by atoms with Crippen LogP contribution >= 0.6 is 0 Å². The summed E-state index contributed by atoms with van der Waals surface area (Å²) < 4.78 is 2.17. The molecule has 1 aromatic heterocycles. The van der Waals surface area contributed by atoms with E-state index in [-0.39, 0.29) is 0 Å². The molecule has 94 valence electrons. The van der Waals surface area contributed by atoms with Crippen LogP contribution in [0.25, 0.3) is 0 Å². The summed E-state index contributed by atoms with van der Waals surface area (Å²) >= 11 is 0. The Morgan fingerprint density at radius 3 is 3.12 bits per heavy atom. The minimum Gasteiger partial charge on any atom is -0.337 e. The Labute approximate surface area is 103 Å². The molecule has 2 atom stereocenters. The number of hydrogen-bond donors (Lipinski definition) is 1. The summed E-state index contributed by atoms with van der Waals surface area (Å²) in [6, 6.07) is 0.775. The highest BCUT2D eigenvalue weighted by molar-refractivity contribution is 4.91. The van der Waals surface area contributed by atoms with Gasteiger partial charge in [0.15, 0.2) is 0 Å². The van der Waals surface area contributed by atoms with E-state index in [1.807, 2.05) is 18.7 Å². The molecule has 0 saturated carbocycles. The van der Waals surface area contributed by atoms with Gasteiger partial charge in [0.05, 0.1) is 6.33 Å². The lowest BCUT2D eigenvalue weighted by Crippen LogP contribution is -2.40. The molecule has 4 heteroatoms. The molecule has 4 nitrogen and oxygen atoms in total. The van der Waals surface area contributed by atoms with E-state index >= 15 is 0 Å². The van der Waals surface area contributed by atoms with Crippen molar-refractivity contribution in [3.05, 3.63) is 18.7 Å². The van der Waals surface area contributed by atoms with E-state index in [2.05, 4.69) is 19.8 Å². The zero-order chi connectivity index (χ0) is 11.5. The molecule has 2 unspecified atom stereocenters. The Hall–Kier alpha value is -0.870. The van der Waals surface area contributed by atoms with Gasteiger partial charge in [-0.15, -0.1) is 0 Å². The van der Waals surface area contributed by atoms with Crippen LogP contribution in [0.15, 0.2) is 18.7 Å². The average Bonchev–Trinajstić information content (AvgIpc) is 2.96. The Kier molecular flexibility index (Phi) is 3.43. The number of imidazole rings is 1. The zero-order valence-electron chi connectivity index (χ0n) is 10.4. The highest BCUT2D eigenvalue weighted by Gasteiger charge is 2.33. The van der Waals surface area contributed by atoms with E-state index in [0.717, 1.165) is 18.5 Å². The van der Waals surface area contributed by atoms with Gasteiger partial charge in [-0.05, 0) is 38.3 Å². The summed E-state index contributed by atoms with van der Waals surface area (Å²) in [5.41, 5.74) is 0. The Morgan fingerprint density at radius 2 is 2.29 bits per heavy atom. The summed E-state index contributed by atoms with van der Waals surface area (Å²) in [6.07, 6.45) is 9.83. The molecule has 17 heavy (non-hydrogen) atoms. The van der Waals surface area contributed by atoms with Crippen LogP contribution in [0.2, 0.25) is 0 Å². The Bertz CT molecular complexity index is 321. The molecule has 2 aliphatic rings. The topological polar surface area (TPSA) is 33.1 Å². The van der Waals surface area contributed by atoms with Crippen molar-refractivity contribution in [1.29, 1.82) is 0 Å². The van der Waals surface area contributed by atoms with Crippen LogP contribution in [0.4, 0.5) is 0 Å². The number of aryl methyl sites for hydroxylation is 1. The SMILES string of the molecule is c1cn(CCCN2CC3CCCNC3C2)cn1. The molecule has 2 saturated heterocycles. The van der Waals surface area contributed by atoms with Gasteiger partial charge in [0.25, 0.3) is 0 Å². The van der Waals surface area contributed by atoms with Crippen molar-refractivity contribution in [1.82, 2.24) is 19.8 Å². The first kappa shape index (κ1) is 11.2. The minimum atomic E-state index is 0.775. The molecule has 0 bridgehead atoms. The van der Waals surface area contributed by atoms with Crippen LogP contribution in [-0.4, -0.2) is 46.7 Å². The van der Waals surface area contributed by atoms with Gasteiger partial charge in [-0.3, -0.25) is 0 Å². The van der Waals surface area contributed by atoms with Gasteiger partial charge < -0.3 is 14.8 Å². The van der Waals surface area contributed by atoms with Crippen LogP contribution in [0.5, 0.6) is 0 Å². The Morgan fingerprint density at radius 1 is 1.29 bits per heavy atom. The number of aromatic nitrogens is 2. The molecule has 0 radical (unpaired) electrons. The second-order valence-electron chi connectivity index (χ2n) is 5.38. The van der Waals surface area contributed by atoms with E-state index < -0.39 is 0 Å². The predicted molar refractivity (Wildman–Crippen MR) is 67.8 cm³/mol. The fourth-order valence-corrected chi connectivity index (χ4v) is 3.21. The normalized spacial score (nSPS) is 29.4. The van der Waals surface area contributed by atoms with Crippen molar-refractivity contribution < 1.29 is 0 Å². The van der Waals surface area contributed by atoms with Crippen molar-refractivity contribution in [2.45, 2.75) is 31.8 Å². The second kappa shape index (κ2) is 5.19. The van der Waals surface area contributed by atoms with Crippen LogP contribution in [0.1, 0.15) is 19.3 Å². The van der Waals surface area contributed by atoms with Gasteiger partial charge in [-0.2, -0.15) is 0 Å². The molecule has 0 aromatic carbocycles. The lowest BCUT2D eigenvalue weighted by atomic mass is 9.94. The van der Waals surface area contributed by atoms with Gasteiger partial charge in [0, 0.05) is 38.1 Å². The smallest absolute Gasteiger partial charge is 0.0945 e. The first-order valence-electron chi connectivity index (χ1n) is 6.83. The third kappa shape index (κ3) is 2.69. The monoisotopic (exact) mass is 234 g/mol. The molecule has 2 aliphatic heterocycles. The first-order chi connectivity index (χ1) is 8.42. The molecule has 0 amide bonds. The Balaban J connectivity index is 1.41. The number of likely N-dealkylation sites (tertiary alicyclic amines) is 1. The van der Waals surface area contributed by atoms with Gasteiger partial charge >= 0.3 is 0 Å². The molecule has 3 rings (SSSR count). The van der Waals surface area contributed by atoms with E-state index in [9.17, 15) is 0 Å². The number of rotatable bonds is 4. The molecule has 0 spiro atoms. The molecule has 1 N–H and O–H groups in total. The maximum atomic E-state index is 4.07. The van der Waals surface area contributed by atoms with E-state index in [0.29, 0.717) is 0 Å². The van der Waals surface area contributed by atoms with E-state index in [1.165, 1.54) is 45.4 Å². The largest absolute Gasteiger partial charge is 0.337 e. The minimum absolute atomic E-state index is 0.775. The molecule has 1 aromatic rings. The fraction of sp³-hybridized carbons (Fsp3) is 0.769. The summed E-state index contributed by atoms with van der Waals surface area (Å²) in [4.78, 5) is 6.70. The second-order valence-corrected chi connectivity index (χ2v) is 5.38. The maximum Gasteiger partial charge on any atom is 0.0945 e. The van der Waals surface area contributed by atoms with Crippen molar-refractivity contribution >= 4 is 0 Å². The highest BCUT2D eigenvalue weighted by atomic mass is 15.2. The maximum absolute atomic E-state index is 4.07. The van der Waals surface area contributed by atoms with Crippen molar-refractivity contribution in [3.63, 3.8) is 0 Å². The zero-order valence-corrected chi connectivity index (χ0v) is 10.4. The molecule has 0 aliphatic carbocycles. The number of hydrogen-bond acceptors (Lipinski definition) is 3. The van der Waals surface area contributed by atoms with Crippen LogP contribution in [-0.2, 0) is 6.54 Å². The van der Waals surface area contributed by atoms with Gasteiger partial charge in [-0.1, -0.05) is 0 Å². The average molecular weight is 234 g/mol. The van der Waals surface area contributed by atoms with Crippen LogP contribution in [0, 0.1) is 5.92 Å². The van der Waals surface area contributed by atoms with Crippen molar-refractivity contribution in [2.75, 3.05) is 26.2 Å². The van der Waals surface area contributed by atoms with Crippen LogP contribution < -0.4 is 5.32 Å². The van der Waals surface area contributed by atoms with E-state index in [1.54, 1.807) is 0 Å². The molecular formula is C13H22N4. The van der Waals surface area contributed by atoms with E-state index in [4.69, 9.17) is 0 Å². The standard InChI is InChI=1S/C13H22N4/c1-3-12-9-17(10-13(12)15-4-1)7-2-6-16-8-5-14-11-16/h5,8,11-13,15H,1-4,6-7,9-10H2. The number of nitrogens with zero attached hydrogens (tertiary/aromatic N) is 3. The van der Waals surface area contributed by atoms with Gasteiger partial charge in [-0.25, -0.2) is 4.98 Å². The number of piperidine rings is 1. The quantitative estimate of drug-likeness (QED) is 0.842.